The monoisotopic (exact) mass is 233 g/mol. The normalized spacial score (nSPS) is 23.6. The van der Waals surface area contributed by atoms with E-state index < -0.39 is 0 Å². The molecule has 1 saturated heterocycles. The van der Waals surface area contributed by atoms with E-state index in [-0.39, 0.29) is 11.3 Å². The molecule has 1 unspecified atom stereocenters. The zero-order chi connectivity index (χ0) is 12.3. The molecule has 92 valence electrons. The van der Waals surface area contributed by atoms with Crippen LogP contribution in [-0.2, 0) is 11.3 Å². The molecule has 0 aromatic carbocycles. The summed E-state index contributed by atoms with van der Waals surface area (Å²) in [6, 6.07) is 3.91. The molecular weight excluding hydrogens is 214 g/mol. The second-order valence-electron chi connectivity index (χ2n) is 4.94. The number of hydrogen-bond donors (Lipinski definition) is 2. The van der Waals surface area contributed by atoms with Gasteiger partial charge in [-0.2, -0.15) is 0 Å². The van der Waals surface area contributed by atoms with Crippen molar-refractivity contribution in [1.82, 2.24) is 15.6 Å². The Labute approximate surface area is 102 Å². The van der Waals surface area contributed by atoms with Gasteiger partial charge in [0.05, 0.1) is 17.7 Å². The van der Waals surface area contributed by atoms with E-state index >= 15 is 0 Å². The minimum Gasteiger partial charge on any atom is -0.350 e. The Hall–Kier alpha value is -1.42. The lowest BCUT2D eigenvalue weighted by Crippen LogP contribution is -2.40. The van der Waals surface area contributed by atoms with Crippen molar-refractivity contribution in [2.45, 2.75) is 26.8 Å². The van der Waals surface area contributed by atoms with Crippen LogP contribution in [0.15, 0.2) is 18.3 Å². The average Bonchev–Trinajstić information content (AvgIpc) is 2.76. The molecule has 2 N–H and O–H groups in total. The minimum atomic E-state index is -0.261. The summed E-state index contributed by atoms with van der Waals surface area (Å²) in [7, 11) is 0. The number of carbonyl (C=O) groups excluding carboxylic acids is 1. The topological polar surface area (TPSA) is 54.0 Å². The Morgan fingerprint density at radius 2 is 2.47 bits per heavy atom. The van der Waals surface area contributed by atoms with Crippen molar-refractivity contribution in [3.63, 3.8) is 0 Å². The summed E-state index contributed by atoms with van der Waals surface area (Å²) < 4.78 is 0. The van der Waals surface area contributed by atoms with Gasteiger partial charge in [0.25, 0.3) is 0 Å². The Balaban J connectivity index is 1.94. The summed E-state index contributed by atoms with van der Waals surface area (Å²) in [4.78, 5) is 16.3. The number of nitrogens with one attached hydrogen (secondary N) is 2. The van der Waals surface area contributed by atoms with Gasteiger partial charge in [-0.1, -0.05) is 6.07 Å². The maximum atomic E-state index is 12.1. The SMILES string of the molecule is Cc1cccnc1CNC(=O)C1(C)CCNC1. The van der Waals surface area contributed by atoms with Crippen molar-refractivity contribution in [1.29, 1.82) is 0 Å². The summed E-state index contributed by atoms with van der Waals surface area (Å²) in [6.45, 7) is 6.22. The third kappa shape index (κ3) is 2.64. The van der Waals surface area contributed by atoms with Crippen LogP contribution in [0.3, 0.4) is 0 Å². The Bertz CT molecular complexity index is 411. The molecule has 2 heterocycles. The second-order valence-corrected chi connectivity index (χ2v) is 4.94. The van der Waals surface area contributed by atoms with Crippen molar-refractivity contribution in [3.8, 4) is 0 Å². The van der Waals surface area contributed by atoms with E-state index in [4.69, 9.17) is 0 Å². The van der Waals surface area contributed by atoms with E-state index in [0.29, 0.717) is 6.54 Å². The number of carbonyl (C=O) groups is 1. The lowest BCUT2D eigenvalue weighted by molar-refractivity contribution is -0.129. The molecular formula is C13H19N3O. The first-order chi connectivity index (χ1) is 8.12. The fourth-order valence-corrected chi connectivity index (χ4v) is 2.09. The lowest BCUT2D eigenvalue weighted by atomic mass is 9.89. The highest BCUT2D eigenvalue weighted by Gasteiger charge is 2.35. The highest BCUT2D eigenvalue weighted by Crippen LogP contribution is 2.24. The van der Waals surface area contributed by atoms with E-state index in [0.717, 1.165) is 30.8 Å². The molecule has 1 aromatic rings. The summed E-state index contributed by atoms with van der Waals surface area (Å²) in [5.74, 6) is 0.118. The van der Waals surface area contributed by atoms with Crippen LogP contribution in [0.4, 0.5) is 0 Å². The van der Waals surface area contributed by atoms with Crippen molar-refractivity contribution in [2.75, 3.05) is 13.1 Å². The number of aryl methyl sites for hydroxylation is 1. The van der Waals surface area contributed by atoms with Crippen LogP contribution < -0.4 is 10.6 Å². The zero-order valence-electron chi connectivity index (χ0n) is 10.4. The molecule has 4 heteroatoms. The summed E-state index contributed by atoms with van der Waals surface area (Å²) >= 11 is 0. The van der Waals surface area contributed by atoms with E-state index in [1.807, 2.05) is 26.0 Å². The maximum absolute atomic E-state index is 12.1. The van der Waals surface area contributed by atoms with Gasteiger partial charge in [0.2, 0.25) is 5.91 Å². The second kappa shape index (κ2) is 4.84. The standard InChI is InChI=1S/C13H19N3O/c1-10-4-3-6-15-11(10)8-16-12(17)13(2)5-7-14-9-13/h3-4,6,14H,5,7-9H2,1-2H3,(H,16,17). The van der Waals surface area contributed by atoms with E-state index in [1.165, 1.54) is 0 Å². The fraction of sp³-hybridized carbons (Fsp3) is 0.538. The number of amides is 1. The number of rotatable bonds is 3. The highest BCUT2D eigenvalue weighted by molar-refractivity contribution is 5.82. The van der Waals surface area contributed by atoms with Crippen LogP contribution in [0.5, 0.6) is 0 Å². The lowest BCUT2D eigenvalue weighted by Gasteiger charge is -2.21. The van der Waals surface area contributed by atoms with E-state index in [2.05, 4.69) is 15.6 Å². The Morgan fingerprint density at radius 3 is 3.12 bits per heavy atom. The van der Waals surface area contributed by atoms with Gasteiger partial charge in [0, 0.05) is 12.7 Å². The average molecular weight is 233 g/mol. The van der Waals surface area contributed by atoms with Crippen LogP contribution in [0.25, 0.3) is 0 Å². The molecule has 0 saturated carbocycles. The first kappa shape index (κ1) is 12.0. The summed E-state index contributed by atoms with van der Waals surface area (Å²) in [5.41, 5.74) is 1.79. The van der Waals surface area contributed by atoms with Gasteiger partial charge in [-0.3, -0.25) is 9.78 Å². The molecule has 17 heavy (non-hydrogen) atoms. The Kier molecular flexibility index (Phi) is 3.43. The number of hydrogen-bond acceptors (Lipinski definition) is 3. The molecule has 1 amide bonds. The number of pyridine rings is 1. The molecule has 2 rings (SSSR count). The molecule has 0 bridgehead atoms. The first-order valence-electron chi connectivity index (χ1n) is 6.01. The smallest absolute Gasteiger partial charge is 0.227 e. The third-order valence-electron chi connectivity index (χ3n) is 3.45. The molecule has 4 nitrogen and oxygen atoms in total. The molecule has 0 aliphatic carbocycles. The van der Waals surface area contributed by atoms with Crippen LogP contribution in [0, 0.1) is 12.3 Å². The van der Waals surface area contributed by atoms with Crippen LogP contribution in [0.1, 0.15) is 24.6 Å². The first-order valence-corrected chi connectivity index (χ1v) is 6.01. The summed E-state index contributed by atoms with van der Waals surface area (Å²) in [6.07, 6.45) is 2.66. The van der Waals surface area contributed by atoms with Gasteiger partial charge in [0.15, 0.2) is 0 Å². The molecule has 1 fully saturated rings. The van der Waals surface area contributed by atoms with Gasteiger partial charge >= 0.3 is 0 Å². The van der Waals surface area contributed by atoms with E-state index in [1.54, 1.807) is 6.20 Å². The number of aromatic nitrogens is 1. The Morgan fingerprint density at radius 1 is 1.65 bits per heavy atom. The zero-order valence-corrected chi connectivity index (χ0v) is 10.4. The minimum absolute atomic E-state index is 0.118. The van der Waals surface area contributed by atoms with Crippen LogP contribution in [0.2, 0.25) is 0 Å². The van der Waals surface area contributed by atoms with Crippen molar-refractivity contribution in [2.24, 2.45) is 5.41 Å². The van der Waals surface area contributed by atoms with Crippen LogP contribution in [-0.4, -0.2) is 24.0 Å². The molecule has 1 atom stereocenters. The van der Waals surface area contributed by atoms with Gasteiger partial charge in [-0.05, 0) is 38.4 Å². The van der Waals surface area contributed by atoms with Crippen molar-refractivity contribution in [3.05, 3.63) is 29.6 Å². The molecule has 0 radical (unpaired) electrons. The molecule has 0 spiro atoms. The predicted octanol–water partition coefficient (Wildman–Crippen LogP) is 1.01. The van der Waals surface area contributed by atoms with Crippen molar-refractivity contribution < 1.29 is 4.79 Å². The number of nitrogens with zero attached hydrogens (tertiary/aromatic N) is 1. The third-order valence-corrected chi connectivity index (χ3v) is 3.45. The largest absolute Gasteiger partial charge is 0.350 e. The summed E-state index contributed by atoms with van der Waals surface area (Å²) in [5, 5.41) is 6.21. The van der Waals surface area contributed by atoms with Gasteiger partial charge in [-0.25, -0.2) is 0 Å². The fourth-order valence-electron chi connectivity index (χ4n) is 2.09. The van der Waals surface area contributed by atoms with Gasteiger partial charge in [-0.15, -0.1) is 0 Å². The predicted molar refractivity (Wildman–Crippen MR) is 66.4 cm³/mol. The van der Waals surface area contributed by atoms with Gasteiger partial charge < -0.3 is 10.6 Å². The van der Waals surface area contributed by atoms with E-state index in [9.17, 15) is 4.79 Å². The molecule has 1 aliphatic heterocycles. The van der Waals surface area contributed by atoms with Gasteiger partial charge in [0.1, 0.15) is 0 Å². The molecule has 1 aliphatic rings. The quantitative estimate of drug-likeness (QED) is 0.819. The maximum Gasteiger partial charge on any atom is 0.227 e. The highest BCUT2D eigenvalue weighted by atomic mass is 16.2. The van der Waals surface area contributed by atoms with Crippen LogP contribution >= 0.6 is 0 Å². The van der Waals surface area contributed by atoms with Crippen molar-refractivity contribution >= 4 is 5.91 Å². The molecule has 1 aromatic heterocycles.